The predicted molar refractivity (Wildman–Crippen MR) is 228 cm³/mol. The lowest BCUT2D eigenvalue weighted by molar-refractivity contribution is -0.356. The molecule has 0 bridgehead atoms. The van der Waals surface area contributed by atoms with Crippen molar-refractivity contribution < 1.29 is 102 Å². The van der Waals surface area contributed by atoms with E-state index in [0.717, 1.165) is 11.1 Å². The van der Waals surface area contributed by atoms with Crippen molar-refractivity contribution in [3.63, 3.8) is 0 Å². The standard InChI is InChI=1S/C47H72O21/c1-19-41(66-35-14-30(57-7)43(21(3)62-35)68-45-40(54)39(53)38(52)31(16-48)65-45)26(50)12-33(60-19)67-42-20(2)61-34(13-29(42)56-6)63-28-11-23-8-9-24-37(46(23,4)15-27(28)51)25(49)10-22-17-58-47(5)36(22)32(18-59-47)64-44(24)55/h8,17,19-21,24-43,45,48-54H,9-16,18H2,1-7H3. The number of esters is 1. The first-order chi connectivity index (χ1) is 32.4. The first-order valence-electron chi connectivity index (χ1n) is 24.2. The number of hydrogen-bond donors (Lipinski definition) is 7. The van der Waals surface area contributed by atoms with Crippen molar-refractivity contribution >= 4 is 5.97 Å². The molecule has 0 aromatic heterocycles. The molecule has 1 saturated carbocycles. The molecule has 2 aliphatic carbocycles. The Kier molecular flexibility index (Phi) is 15.1. The Morgan fingerprint density at radius 3 is 1.97 bits per heavy atom. The van der Waals surface area contributed by atoms with Crippen LogP contribution in [-0.4, -0.2) is 204 Å². The Bertz CT molecular complexity index is 1820. The molecule has 9 rings (SSSR count). The summed E-state index contributed by atoms with van der Waals surface area (Å²) in [5, 5.41) is 75.7. The molecule has 0 aromatic rings. The molecule has 7 heterocycles. The molecule has 0 aromatic carbocycles. The van der Waals surface area contributed by atoms with E-state index in [9.17, 15) is 40.5 Å². The summed E-state index contributed by atoms with van der Waals surface area (Å²) in [6.45, 7) is 8.78. The summed E-state index contributed by atoms with van der Waals surface area (Å²) in [5.41, 5.74) is 1.15. The van der Waals surface area contributed by atoms with Gasteiger partial charge in [-0.3, -0.25) is 4.79 Å². The second-order valence-electron chi connectivity index (χ2n) is 20.7. The summed E-state index contributed by atoms with van der Waals surface area (Å²) in [5.74, 6) is -2.73. The quantitative estimate of drug-likeness (QED) is 0.104. The van der Waals surface area contributed by atoms with E-state index in [2.05, 4.69) is 6.08 Å². The van der Waals surface area contributed by atoms with E-state index in [-0.39, 0.29) is 44.2 Å². The number of fused-ring (bicyclic) bond motifs is 3. The molecule has 21 nitrogen and oxygen atoms in total. The van der Waals surface area contributed by atoms with E-state index >= 15 is 0 Å². The first kappa shape index (κ1) is 51.0. The van der Waals surface area contributed by atoms with Crippen LogP contribution in [0.25, 0.3) is 0 Å². The number of carbonyl (C=O) groups is 1. The van der Waals surface area contributed by atoms with Gasteiger partial charge in [-0.25, -0.2) is 0 Å². The van der Waals surface area contributed by atoms with Crippen LogP contribution >= 0.6 is 0 Å². The normalized spacial score (nSPS) is 52.8. The molecule has 0 spiro atoms. The Hall–Kier alpha value is -1.97. The van der Waals surface area contributed by atoms with E-state index in [0.29, 0.717) is 19.3 Å². The Morgan fingerprint density at radius 1 is 0.706 bits per heavy atom. The Labute approximate surface area is 395 Å². The van der Waals surface area contributed by atoms with Crippen LogP contribution in [0.2, 0.25) is 0 Å². The predicted octanol–water partition coefficient (Wildman–Crippen LogP) is -0.201. The highest BCUT2D eigenvalue weighted by Crippen LogP contribution is 2.57. The summed E-state index contributed by atoms with van der Waals surface area (Å²) in [7, 11) is 3.05. The van der Waals surface area contributed by atoms with Gasteiger partial charge in [0.25, 0.3) is 0 Å². The number of rotatable bonds is 11. The van der Waals surface area contributed by atoms with Gasteiger partial charge in [0.15, 0.2) is 25.2 Å². The maximum absolute atomic E-state index is 13.8. The van der Waals surface area contributed by atoms with Crippen molar-refractivity contribution in [3.05, 3.63) is 23.5 Å². The average Bonchev–Trinajstić information content (AvgIpc) is 3.80. The third-order valence-corrected chi connectivity index (χ3v) is 16.3. The number of carbonyl (C=O) groups excluding carboxylic acids is 1. The second kappa shape index (κ2) is 20.1. The van der Waals surface area contributed by atoms with Crippen molar-refractivity contribution in [2.75, 3.05) is 27.4 Å². The zero-order valence-electron chi connectivity index (χ0n) is 39.7. The number of aliphatic hydroxyl groups excluding tert-OH is 7. The molecule has 9 aliphatic rings. The molecular weight excluding hydrogens is 900 g/mol. The molecule has 6 saturated heterocycles. The molecule has 0 radical (unpaired) electrons. The van der Waals surface area contributed by atoms with E-state index in [4.69, 9.17) is 61.6 Å². The minimum atomic E-state index is -1.61. The third-order valence-electron chi connectivity index (χ3n) is 16.3. The molecular formula is C47H72O21. The smallest absolute Gasteiger partial charge is 0.310 e. The van der Waals surface area contributed by atoms with Crippen molar-refractivity contribution in [1.82, 2.24) is 0 Å². The van der Waals surface area contributed by atoms with Crippen LogP contribution in [-0.2, 0) is 66.4 Å². The van der Waals surface area contributed by atoms with Crippen LogP contribution < -0.4 is 0 Å². The molecule has 7 N–H and O–H groups in total. The lowest BCUT2D eigenvalue weighted by Gasteiger charge is -2.53. The molecule has 0 amide bonds. The van der Waals surface area contributed by atoms with Crippen LogP contribution in [0.3, 0.4) is 0 Å². The van der Waals surface area contributed by atoms with Gasteiger partial charge < -0.3 is 97.3 Å². The first-order valence-corrected chi connectivity index (χ1v) is 24.2. The van der Waals surface area contributed by atoms with Gasteiger partial charge in [-0.05, 0) is 57.4 Å². The molecule has 386 valence electrons. The molecule has 68 heavy (non-hydrogen) atoms. The van der Waals surface area contributed by atoms with E-state index < -0.39 is 159 Å². The van der Waals surface area contributed by atoms with Crippen LogP contribution in [0.1, 0.15) is 79.6 Å². The zero-order chi connectivity index (χ0) is 48.6. The number of ether oxygens (including phenoxy) is 13. The highest BCUT2D eigenvalue weighted by atomic mass is 16.8. The molecule has 26 unspecified atom stereocenters. The number of allylic oxidation sites excluding steroid dienone is 1. The lowest BCUT2D eigenvalue weighted by Crippen LogP contribution is -2.62. The molecule has 7 fully saturated rings. The van der Waals surface area contributed by atoms with E-state index in [1.807, 2.05) is 20.8 Å². The number of hydrogen-bond acceptors (Lipinski definition) is 21. The van der Waals surface area contributed by atoms with Crippen LogP contribution in [0.15, 0.2) is 23.5 Å². The highest BCUT2D eigenvalue weighted by Gasteiger charge is 2.61. The van der Waals surface area contributed by atoms with Gasteiger partial charge in [0.05, 0.1) is 86.2 Å². The molecule has 7 aliphatic heterocycles. The second-order valence-corrected chi connectivity index (χ2v) is 20.7. The number of aliphatic hydroxyl groups is 7. The lowest BCUT2D eigenvalue weighted by atomic mass is 9.54. The maximum atomic E-state index is 13.8. The van der Waals surface area contributed by atoms with Crippen LogP contribution in [0, 0.1) is 23.2 Å². The molecule has 21 heteroatoms. The van der Waals surface area contributed by atoms with Gasteiger partial charge in [-0.1, -0.05) is 18.6 Å². The third kappa shape index (κ3) is 9.45. The fraction of sp³-hybridized carbons (Fsp3) is 0.894. The summed E-state index contributed by atoms with van der Waals surface area (Å²) in [6.07, 6.45) is -13.5. The summed E-state index contributed by atoms with van der Waals surface area (Å²) in [4.78, 5) is 13.8. The van der Waals surface area contributed by atoms with E-state index in [1.165, 1.54) is 7.11 Å². The fourth-order valence-corrected chi connectivity index (χ4v) is 12.7. The van der Waals surface area contributed by atoms with Crippen molar-refractivity contribution in [2.45, 2.75) is 214 Å². The van der Waals surface area contributed by atoms with Crippen molar-refractivity contribution in [3.8, 4) is 0 Å². The van der Waals surface area contributed by atoms with E-state index in [1.54, 1.807) is 27.2 Å². The van der Waals surface area contributed by atoms with Gasteiger partial charge in [-0.15, -0.1) is 0 Å². The maximum Gasteiger partial charge on any atom is 0.310 e. The topological polar surface area (TPSA) is 279 Å². The van der Waals surface area contributed by atoms with Crippen molar-refractivity contribution in [2.24, 2.45) is 23.2 Å². The van der Waals surface area contributed by atoms with Crippen molar-refractivity contribution in [1.29, 1.82) is 0 Å². The summed E-state index contributed by atoms with van der Waals surface area (Å²) in [6, 6.07) is 0. The summed E-state index contributed by atoms with van der Waals surface area (Å²) < 4.78 is 79.2. The fourth-order valence-electron chi connectivity index (χ4n) is 12.7. The molecule has 26 atom stereocenters. The zero-order valence-corrected chi connectivity index (χ0v) is 39.7. The van der Waals surface area contributed by atoms with Crippen LogP contribution in [0.4, 0.5) is 0 Å². The SMILES string of the molecule is COC1CC(OC2CC3=CCC4C(=O)OC5COC6(C)OC=C(CC(O)C4C3(C)CC2O)C56)OC(C)C1OC1CC(O)C(OC2CC(OC)C(OC3OC(CO)C(O)C(O)C3O)C(C)O2)C(C)O1. The van der Waals surface area contributed by atoms with Gasteiger partial charge >= 0.3 is 5.97 Å². The van der Waals surface area contributed by atoms with Gasteiger partial charge in [0, 0.05) is 46.3 Å². The Morgan fingerprint density at radius 2 is 1.32 bits per heavy atom. The average molecular weight is 973 g/mol. The highest BCUT2D eigenvalue weighted by molar-refractivity contribution is 5.74. The minimum Gasteiger partial charge on any atom is -0.469 e. The van der Waals surface area contributed by atoms with Crippen LogP contribution in [0.5, 0.6) is 0 Å². The van der Waals surface area contributed by atoms with Gasteiger partial charge in [-0.2, -0.15) is 0 Å². The Balaban J connectivity index is 0.776. The summed E-state index contributed by atoms with van der Waals surface area (Å²) >= 11 is 0. The van der Waals surface area contributed by atoms with Gasteiger partial charge in [0.1, 0.15) is 48.8 Å². The van der Waals surface area contributed by atoms with Gasteiger partial charge in [0.2, 0.25) is 5.79 Å². The largest absolute Gasteiger partial charge is 0.469 e. The monoisotopic (exact) mass is 972 g/mol. The minimum absolute atomic E-state index is 0.0597. The number of methoxy groups -OCH3 is 2.